The fraction of sp³-hybridized carbons (Fsp3) is 0.708. The van der Waals surface area contributed by atoms with Gasteiger partial charge >= 0.3 is 5.97 Å². The van der Waals surface area contributed by atoms with E-state index >= 15 is 0 Å². The molecule has 1 unspecified atom stereocenters. The summed E-state index contributed by atoms with van der Waals surface area (Å²) in [7, 11) is 1.68. The van der Waals surface area contributed by atoms with E-state index in [1.807, 2.05) is 13.8 Å². The maximum absolute atomic E-state index is 13.1. The molecule has 0 aromatic carbocycles. The molecule has 1 aromatic heterocycles. The molecule has 1 aliphatic heterocycles. The highest BCUT2D eigenvalue weighted by atomic mass is 16.5. The third-order valence-corrected chi connectivity index (χ3v) is 6.82. The summed E-state index contributed by atoms with van der Waals surface area (Å²) in [6.07, 6.45) is 2.10. The van der Waals surface area contributed by atoms with E-state index in [1.54, 1.807) is 19.2 Å². The number of pyridine rings is 1. The van der Waals surface area contributed by atoms with E-state index < -0.39 is 17.4 Å². The van der Waals surface area contributed by atoms with Crippen LogP contribution in [0.25, 0.3) is 0 Å². The van der Waals surface area contributed by atoms with Crippen molar-refractivity contribution in [3.8, 4) is 5.88 Å². The summed E-state index contributed by atoms with van der Waals surface area (Å²) in [4.78, 5) is 32.4. The quantitative estimate of drug-likeness (QED) is 0.266. The summed E-state index contributed by atoms with van der Waals surface area (Å²) in [6, 6.07) is 3.43. The summed E-state index contributed by atoms with van der Waals surface area (Å²) in [5, 5.41) is 21.1. The van der Waals surface area contributed by atoms with Gasteiger partial charge in [0.15, 0.2) is 0 Å². The van der Waals surface area contributed by atoms with Gasteiger partial charge in [0.25, 0.3) is 5.91 Å². The maximum atomic E-state index is 13.1. The summed E-state index contributed by atoms with van der Waals surface area (Å²) < 4.78 is 16.6. The maximum Gasteiger partial charge on any atom is 0.331 e. The van der Waals surface area contributed by atoms with Crippen LogP contribution in [-0.2, 0) is 14.3 Å². The van der Waals surface area contributed by atoms with Gasteiger partial charge in [-0.3, -0.25) is 4.79 Å². The first-order chi connectivity index (χ1) is 16.4. The van der Waals surface area contributed by atoms with Crippen molar-refractivity contribution in [2.75, 3.05) is 51.5 Å². The fourth-order valence-electron chi connectivity index (χ4n) is 4.03. The normalized spacial score (nSPS) is 20.0. The molecule has 190 valence electrons. The van der Waals surface area contributed by atoms with Gasteiger partial charge < -0.3 is 34.6 Å². The first kappa shape index (κ1) is 26.2. The number of aliphatic hydroxyl groups is 2. The monoisotopic (exact) mass is 479 g/mol. The molecule has 0 bridgehead atoms. The van der Waals surface area contributed by atoms with Gasteiger partial charge in [-0.15, -0.1) is 0 Å². The van der Waals surface area contributed by atoms with Crippen LogP contribution in [0.4, 0.5) is 5.69 Å². The zero-order valence-corrected chi connectivity index (χ0v) is 20.3. The van der Waals surface area contributed by atoms with Gasteiger partial charge in [0.2, 0.25) is 5.88 Å². The van der Waals surface area contributed by atoms with Gasteiger partial charge in [-0.25, -0.2) is 9.78 Å². The number of nitrogens with zero attached hydrogens (tertiary/aromatic N) is 2. The number of amides is 1. The zero-order chi connectivity index (χ0) is 24.7. The van der Waals surface area contributed by atoms with E-state index in [4.69, 9.17) is 19.3 Å². The summed E-state index contributed by atoms with van der Waals surface area (Å²) in [6.45, 7) is 5.61. The molecular formula is C24H37N3O7. The van der Waals surface area contributed by atoms with Crippen LogP contribution >= 0.6 is 0 Å². The Balaban J connectivity index is 1.75. The SMILES string of the molecule is CCC(CC)(NC(=O)c1ccc(N2CC(OC)C2)c(OCC2C[C@@H]2CO)n1)C(=O)OCCCO. The number of hydrogen-bond acceptors (Lipinski definition) is 9. The van der Waals surface area contributed by atoms with Gasteiger partial charge in [-0.2, -0.15) is 0 Å². The van der Waals surface area contributed by atoms with Crippen LogP contribution in [0.15, 0.2) is 12.1 Å². The average Bonchev–Trinajstić information content (AvgIpc) is 3.59. The first-order valence-electron chi connectivity index (χ1n) is 12.0. The van der Waals surface area contributed by atoms with Crippen molar-refractivity contribution in [2.24, 2.45) is 11.8 Å². The van der Waals surface area contributed by atoms with E-state index in [2.05, 4.69) is 15.2 Å². The molecule has 2 heterocycles. The smallest absolute Gasteiger partial charge is 0.331 e. The number of nitrogens with one attached hydrogen (secondary N) is 1. The largest absolute Gasteiger partial charge is 0.476 e. The molecule has 10 heteroatoms. The minimum Gasteiger partial charge on any atom is -0.476 e. The van der Waals surface area contributed by atoms with Crippen molar-refractivity contribution in [2.45, 2.75) is 51.2 Å². The fourth-order valence-corrected chi connectivity index (χ4v) is 4.03. The lowest BCUT2D eigenvalue weighted by atomic mass is 9.92. The molecule has 0 radical (unpaired) electrons. The van der Waals surface area contributed by atoms with Gasteiger partial charge in [-0.1, -0.05) is 13.8 Å². The molecule has 2 aliphatic rings. The number of carbonyl (C=O) groups is 2. The van der Waals surface area contributed by atoms with Crippen molar-refractivity contribution >= 4 is 17.6 Å². The Morgan fingerprint density at radius 1 is 1.21 bits per heavy atom. The van der Waals surface area contributed by atoms with Crippen molar-refractivity contribution in [1.29, 1.82) is 0 Å². The second-order valence-electron chi connectivity index (χ2n) is 8.99. The van der Waals surface area contributed by atoms with Crippen molar-refractivity contribution in [1.82, 2.24) is 10.3 Å². The Morgan fingerprint density at radius 2 is 1.94 bits per heavy atom. The molecule has 3 rings (SSSR count). The van der Waals surface area contributed by atoms with E-state index in [9.17, 15) is 14.7 Å². The molecule has 10 nitrogen and oxygen atoms in total. The summed E-state index contributed by atoms with van der Waals surface area (Å²) >= 11 is 0. The van der Waals surface area contributed by atoms with Crippen LogP contribution < -0.4 is 15.0 Å². The summed E-state index contributed by atoms with van der Waals surface area (Å²) in [5.41, 5.74) is -0.252. The zero-order valence-electron chi connectivity index (χ0n) is 20.3. The number of methoxy groups -OCH3 is 1. The van der Waals surface area contributed by atoms with E-state index in [1.165, 1.54) is 0 Å². The van der Waals surface area contributed by atoms with Gasteiger partial charge in [0, 0.05) is 39.8 Å². The van der Waals surface area contributed by atoms with Crippen LogP contribution in [0, 0.1) is 11.8 Å². The Bertz CT molecular complexity index is 840. The van der Waals surface area contributed by atoms with Crippen LogP contribution in [0.2, 0.25) is 0 Å². The Kier molecular flexibility index (Phi) is 9.10. The molecule has 1 saturated heterocycles. The second-order valence-corrected chi connectivity index (χ2v) is 8.99. The lowest BCUT2D eigenvalue weighted by Gasteiger charge is -2.40. The lowest BCUT2D eigenvalue weighted by molar-refractivity contribution is -0.152. The molecular weight excluding hydrogens is 442 g/mol. The number of anilines is 1. The van der Waals surface area contributed by atoms with Crippen molar-refractivity contribution in [3.05, 3.63) is 17.8 Å². The number of rotatable bonds is 14. The topological polar surface area (TPSA) is 130 Å². The highest BCUT2D eigenvalue weighted by Gasteiger charge is 2.40. The van der Waals surface area contributed by atoms with Gasteiger partial charge in [0.05, 0.1) is 19.3 Å². The van der Waals surface area contributed by atoms with Gasteiger partial charge in [-0.05, 0) is 43.2 Å². The molecule has 1 aliphatic carbocycles. The molecule has 1 saturated carbocycles. The minimum absolute atomic E-state index is 0.0774. The molecule has 3 N–H and O–H groups in total. The van der Waals surface area contributed by atoms with E-state index in [0.717, 1.165) is 12.1 Å². The lowest BCUT2D eigenvalue weighted by Crippen LogP contribution is -2.54. The molecule has 1 aromatic rings. The molecule has 2 atom stereocenters. The Hall–Kier alpha value is -2.43. The molecule has 34 heavy (non-hydrogen) atoms. The van der Waals surface area contributed by atoms with Gasteiger partial charge in [0.1, 0.15) is 16.9 Å². The highest BCUT2D eigenvalue weighted by molar-refractivity contribution is 5.97. The van der Waals surface area contributed by atoms with E-state index in [-0.39, 0.29) is 43.5 Å². The summed E-state index contributed by atoms with van der Waals surface area (Å²) in [5.74, 6) is -0.125. The van der Waals surface area contributed by atoms with Crippen LogP contribution in [0.3, 0.4) is 0 Å². The second kappa shape index (κ2) is 11.8. The Morgan fingerprint density at radius 3 is 2.53 bits per heavy atom. The molecule has 0 spiro atoms. The third-order valence-electron chi connectivity index (χ3n) is 6.82. The predicted octanol–water partition coefficient (Wildman–Crippen LogP) is 1.14. The van der Waals surface area contributed by atoms with Crippen LogP contribution in [0.5, 0.6) is 5.88 Å². The van der Waals surface area contributed by atoms with Crippen LogP contribution in [0.1, 0.15) is 50.0 Å². The molecule has 2 fully saturated rings. The molecule has 1 amide bonds. The third kappa shape index (κ3) is 5.97. The van der Waals surface area contributed by atoms with Crippen LogP contribution in [-0.4, -0.2) is 85.3 Å². The van der Waals surface area contributed by atoms with Crippen molar-refractivity contribution in [3.63, 3.8) is 0 Å². The van der Waals surface area contributed by atoms with Crippen molar-refractivity contribution < 1.29 is 34.0 Å². The number of aliphatic hydroxyl groups excluding tert-OH is 2. The average molecular weight is 480 g/mol. The minimum atomic E-state index is -1.18. The highest BCUT2D eigenvalue weighted by Crippen LogP contribution is 2.39. The number of carbonyl (C=O) groups excluding carboxylic acids is 2. The standard InChI is InChI=1S/C24H37N3O7/c1-4-24(5-2,23(31)33-10-6-9-28)26-21(30)19-7-8-20(27-12-18(13-27)32-3)22(25-19)34-15-17-11-16(17)14-29/h7-8,16-18,28-29H,4-6,9-15H2,1-3H3,(H,26,30)/t16-,17?/m1/s1. The number of hydrogen-bond donors (Lipinski definition) is 3. The predicted molar refractivity (Wildman–Crippen MR) is 125 cm³/mol. The first-order valence-corrected chi connectivity index (χ1v) is 12.0. The number of esters is 1. The Labute approximate surface area is 200 Å². The number of ether oxygens (including phenoxy) is 3. The van der Waals surface area contributed by atoms with E-state index in [0.29, 0.717) is 44.8 Å². The number of aromatic nitrogens is 1.